The first kappa shape index (κ1) is 24.4. The smallest absolute Gasteiger partial charge is 0.191 e. The van der Waals surface area contributed by atoms with Crippen LogP contribution in [0.5, 0.6) is 5.75 Å². The Balaban J connectivity index is 2.01. The van der Waals surface area contributed by atoms with Gasteiger partial charge in [-0.05, 0) is 53.2 Å². The van der Waals surface area contributed by atoms with Crippen LogP contribution in [0.4, 0.5) is 0 Å². The van der Waals surface area contributed by atoms with Crippen LogP contribution < -0.4 is 15.4 Å². The fourth-order valence-electron chi connectivity index (χ4n) is 3.29. The Bertz CT molecular complexity index is 692. The molecule has 1 aliphatic rings. The Morgan fingerprint density at radius 3 is 2.53 bits per heavy atom. The van der Waals surface area contributed by atoms with E-state index in [4.69, 9.17) is 14.5 Å². The molecule has 0 aromatic heterocycles. The van der Waals surface area contributed by atoms with Crippen LogP contribution in [0.15, 0.2) is 23.2 Å². The molecule has 1 heterocycles. The van der Waals surface area contributed by atoms with E-state index in [1.54, 1.807) is 0 Å². The Morgan fingerprint density at radius 2 is 1.90 bits per heavy atom. The standard InChI is InChI=1S/C23H40N4O3/c1-7-24-21(26-16-23(6,28)17-27-10-12-29-13-11-27)25-15-19-9-8-18(2)14-20(19)30-22(3,4)5/h8-9,14,28H,7,10-13,15-17H2,1-6H3,(H2,24,25,26). The van der Waals surface area contributed by atoms with E-state index in [0.717, 1.165) is 49.7 Å². The summed E-state index contributed by atoms with van der Waals surface area (Å²) in [6, 6.07) is 6.20. The van der Waals surface area contributed by atoms with Gasteiger partial charge in [0.1, 0.15) is 11.4 Å². The molecule has 0 aliphatic carbocycles. The molecular formula is C23H40N4O3. The number of nitrogens with one attached hydrogen (secondary N) is 2. The van der Waals surface area contributed by atoms with Gasteiger partial charge in [-0.25, -0.2) is 4.99 Å². The molecule has 0 saturated carbocycles. The van der Waals surface area contributed by atoms with Crippen molar-refractivity contribution in [1.29, 1.82) is 0 Å². The molecule has 30 heavy (non-hydrogen) atoms. The Hall–Kier alpha value is -1.83. The molecule has 0 spiro atoms. The number of morpholine rings is 1. The van der Waals surface area contributed by atoms with Crippen LogP contribution in [-0.2, 0) is 11.3 Å². The van der Waals surface area contributed by atoms with Gasteiger partial charge in [-0.1, -0.05) is 12.1 Å². The van der Waals surface area contributed by atoms with Crippen molar-refractivity contribution in [3.05, 3.63) is 29.3 Å². The molecule has 2 rings (SSSR count). The third-order valence-electron chi connectivity index (χ3n) is 4.70. The fraction of sp³-hybridized carbons (Fsp3) is 0.696. The minimum Gasteiger partial charge on any atom is -0.488 e. The van der Waals surface area contributed by atoms with Crippen LogP contribution in [0.25, 0.3) is 0 Å². The first-order valence-corrected chi connectivity index (χ1v) is 10.9. The number of β-amino-alcohol motifs (C(OH)–C–C–N with tert-alkyl or cyclic N) is 1. The van der Waals surface area contributed by atoms with Gasteiger partial charge < -0.3 is 25.2 Å². The zero-order chi connectivity index (χ0) is 22.2. The van der Waals surface area contributed by atoms with Crippen molar-refractivity contribution in [2.24, 2.45) is 4.99 Å². The molecule has 0 radical (unpaired) electrons. The second-order valence-electron chi connectivity index (χ2n) is 9.26. The largest absolute Gasteiger partial charge is 0.488 e. The summed E-state index contributed by atoms with van der Waals surface area (Å²) in [6.45, 7) is 17.5. The number of rotatable bonds is 8. The monoisotopic (exact) mass is 420 g/mol. The Morgan fingerprint density at radius 1 is 1.20 bits per heavy atom. The number of guanidine groups is 1. The van der Waals surface area contributed by atoms with Crippen molar-refractivity contribution in [3.63, 3.8) is 0 Å². The molecule has 3 N–H and O–H groups in total. The van der Waals surface area contributed by atoms with Gasteiger partial charge in [0.2, 0.25) is 0 Å². The lowest BCUT2D eigenvalue weighted by Gasteiger charge is -2.34. The van der Waals surface area contributed by atoms with E-state index >= 15 is 0 Å². The van der Waals surface area contributed by atoms with E-state index in [-0.39, 0.29) is 5.60 Å². The number of hydrogen-bond donors (Lipinski definition) is 3. The molecule has 1 unspecified atom stereocenters. The summed E-state index contributed by atoms with van der Waals surface area (Å²) in [5.41, 5.74) is 1.06. The van der Waals surface area contributed by atoms with Gasteiger partial charge >= 0.3 is 0 Å². The van der Waals surface area contributed by atoms with Crippen molar-refractivity contribution in [1.82, 2.24) is 15.5 Å². The van der Waals surface area contributed by atoms with Crippen LogP contribution in [0, 0.1) is 6.92 Å². The number of ether oxygens (including phenoxy) is 2. The van der Waals surface area contributed by atoms with E-state index in [1.165, 1.54) is 0 Å². The Labute approximate surface area is 181 Å². The highest BCUT2D eigenvalue weighted by atomic mass is 16.5. The maximum atomic E-state index is 10.8. The molecule has 1 fully saturated rings. The lowest BCUT2D eigenvalue weighted by Crippen LogP contribution is -2.52. The van der Waals surface area contributed by atoms with Crippen LogP contribution >= 0.6 is 0 Å². The number of aliphatic hydroxyl groups is 1. The first-order valence-electron chi connectivity index (χ1n) is 10.9. The zero-order valence-electron chi connectivity index (χ0n) is 19.5. The molecule has 0 bridgehead atoms. The average Bonchev–Trinajstić information content (AvgIpc) is 2.64. The van der Waals surface area contributed by atoms with Gasteiger partial charge in [0.25, 0.3) is 0 Å². The molecule has 1 aromatic carbocycles. The van der Waals surface area contributed by atoms with E-state index in [0.29, 0.717) is 25.6 Å². The number of benzene rings is 1. The van der Waals surface area contributed by atoms with Gasteiger partial charge in [0, 0.05) is 38.3 Å². The number of hydrogen-bond acceptors (Lipinski definition) is 5. The molecule has 0 amide bonds. The number of aryl methyl sites for hydroxylation is 1. The van der Waals surface area contributed by atoms with Gasteiger partial charge in [0.15, 0.2) is 5.96 Å². The molecule has 7 heteroatoms. The lowest BCUT2D eigenvalue weighted by atomic mass is 10.1. The highest BCUT2D eigenvalue weighted by Crippen LogP contribution is 2.25. The summed E-state index contributed by atoms with van der Waals surface area (Å²) < 4.78 is 11.5. The van der Waals surface area contributed by atoms with Gasteiger partial charge in [0.05, 0.1) is 25.4 Å². The predicted molar refractivity (Wildman–Crippen MR) is 122 cm³/mol. The zero-order valence-corrected chi connectivity index (χ0v) is 19.5. The quantitative estimate of drug-likeness (QED) is 0.443. The maximum Gasteiger partial charge on any atom is 0.191 e. The summed E-state index contributed by atoms with van der Waals surface area (Å²) in [6.07, 6.45) is 0. The van der Waals surface area contributed by atoms with E-state index in [9.17, 15) is 5.11 Å². The van der Waals surface area contributed by atoms with Crippen molar-refractivity contribution in [2.75, 3.05) is 45.9 Å². The number of nitrogens with zero attached hydrogens (tertiary/aromatic N) is 2. The van der Waals surface area contributed by atoms with Crippen LogP contribution in [0.3, 0.4) is 0 Å². The molecule has 1 atom stereocenters. The lowest BCUT2D eigenvalue weighted by molar-refractivity contribution is -0.0201. The van der Waals surface area contributed by atoms with Gasteiger partial charge in [-0.2, -0.15) is 0 Å². The summed E-state index contributed by atoms with van der Waals surface area (Å²) in [7, 11) is 0. The average molecular weight is 421 g/mol. The van der Waals surface area contributed by atoms with Crippen molar-refractivity contribution >= 4 is 5.96 Å². The van der Waals surface area contributed by atoms with Gasteiger partial charge in [-0.3, -0.25) is 4.90 Å². The molecule has 7 nitrogen and oxygen atoms in total. The van der Waals surface area contributed by atoms with Gasteiger partial charge in [-0.15, -0.1) is 0 Å². The molecule has 1 aromatic rings. The Kier molecular flexibility index (Phi) is 8.94. The maximum absolute atomic E-state index is 10.8. The molecule has 170 valence electrons. The molecule has 1 aliphatic heterocycles. The highest BCUT2D eigenvalue weighted by Gasteiger charge is 2.25. The normalized spacial score (nSPS) is 18.0. The van der Waals surface area contributed by atoms with E-state index in [2.05, 4.69) is 40.7 Å². The van der Waals surface area contributed by atoms with E-state index < -0.39 is 5.60 Å². The third-order valence-corrected chi connectivity index (χ3v) is 4.70. The second-order valence-corrected chi connectivity index (χ2v) is 9.26. The minimum absolute atomic E-state index is 0.271. The van der Waals surface area contributed by atoms with Crippen molar-refractivity contribution < 1.29 is 14.6 Å². The fourth-order valence-corrected chi connectivity index (χ4v) is 3.29. The van der Waals surface area contributed by atoms with Crippen LogP contribution in [-0.4, -0.2) is 73.1 Å². The second kappa shape index (κ2) is 11.0. The minimum atomic E-state index is -0.863. The predicted octanol–water partition coefficient (Wildman–Crippen LogP) is 2.31. The van der Waals surface area contributed by atoms with Crippen molar-refractivity contribution in [3.8, 4) is 5.75 Å². The van der Waals surface area contributed by atoms with Crippen LogP contribution in [0.1, 0.15) is 45.7 Å². The summed E-state index contributed by atoms with van der Waals surface area (Å²) in [5.74, 6) is 1.54. The summed E-state index contributed by atoms with van der Waals surface area (Å²) in [4.78, 5) is 6.96. The summed E-state index contributed by atoms with van der Waals surface area (Å²) in [5, 5.41) is 17.4. The first-order chi connectivity index (χ1) is 14.1. The highest BCUT2D eigenvalue weighted by molar-refractivity contribution is 5.79. The molecular weight excluding hydrogens is 380 g/mol. The third kappa shape index (κ3) is 8.90. The summed E-state index contributed by atoms with van der Waals surface area (Å²) >= 11 is 0. The topological polar surface area (TPSA) is 78.4 Å². The van der Waals surface area contributed by atoms with Crippen molar-refractivity contribution in [2.45, 2.75) is 59.3 Å². The SMILES string of the molecule is CCNC(=NCc1ccc(C)cc1OC(C)(C)C)NCC(C)(O)CN1CCOCC1. The number of aliphatic imine (C=N–C) groups is 1. The van der Waals surface area contributed by atoms with E-state index in [1.807, 2.05) is 34.6 Å². The van der Waals surface area contributed by atoms with Crippen LogP contribution in [0.2, 0.25) is 0 Å². The molecule has 1 saturated heterocycles.